The van der Waals surface area contributed by atoms with Crippen LogP contribution in [0.4, 0.5) is 13.2 Å². The Labute approximate surface area is 133 Å². The van der Waals surface area contributed by atoms with E-state index in [1.54, 1.807) is 38.6 Å². The molecule has 1 aliphatic rings. The van der Waals surface area contributed by atoms with E-state index in [0.29, 0.717) is 22.5 Å². The predicted molar refractivity (Wildman–Crippen MR) is 82.9 cm³/mol. The van der Waals surface area contributed by atoms with Crippen LogP contribution in [-0.4, -0.2) is 16.7 Å². The first kappa shape index (κ1) is 17.4. The first-order valence-corrected chi connectivity index (χ1v) is 7.51. The van der Waals surface area contributed by atoms with Gasteiger partial charge in [-0.3, -0.25) is 4.79 Å². The van der Waals surface area contributed by atoms with Gasteiger partial charge < -0.3 is 9.88 Å². The van der Waals surface area contributed by atoms with E-state index < -0.39 is 11.6 Å². The molecule has 23 heavy (non-hydrogen) atoms. The summed E-state index contributed by atoms with van der Waals surface area (Å²) in [4.78, 5) is 11.4. The number of aryl methyl sites for hydroxylation is 2. The highest BCUT2D eigenvalue weighted by molar-refractivity contribution is 5.78. The molecule has 126 valence electrons. The summed E-state index contributed by atoms with van der Waals surface area (Å²) in [6.45, 7) is 5.09. The van der Waals surface area contributed by atoms with Crippen molar-refractivity contribution in [2.45, 2.75) is 45.2 Å². The molecule has 6 heteroatoms. The number of nitrogens with one attached hydrogen (secondary N) is 1. The molecule has 0 bridgehead atoms. The number of carbonyl (C=O) groups is 1. The quantitative estimate of drug-likeness (QED) is 0.900. The van der Waals surface area contributed by atoms with Crippen LogP contribution < -0.4 is 5.32 Å². The minimum atomic E-state index is -4.42. The summed E-state index contributed by atoms with van der Waals surface area (Å²) in [6.07, 6.45) is 1.34. The number of nitrogens with zero attached hydrogens (tertiary/aromatic N) is 1. The Morgan fingerprint density at radius 2 is 2.04 bits per heavy atom. The van der Waals surface area contributed by atoms with Gasteiger partial charge in [-0.15, -0.1) is 0 Å². The lowest BCUT2D eigenvalue weighted by Crippen LogP contribution is -2.42. The van der Waals surface area contributed by atoms with Crippen LogP contribution in [0.1, 0.15) is 36.6 Å². The van der Waals surface area contributed by atoms with E-state index in [2.05, 4.69) is 5.32 Å². The van der Waals surface area contributed by atoms with E-state index in [-0.39, 0.29) is 18.7 Å². The van der Waals surface area contributed by atoms with E-state index >= 15 is 0 Å². The van der Waals surface area contributed by atoms with E-state index in [1.165, 1.54) is 18.2 Å². The van der Waals surface area contributed by atoms with Crippen LogP contribution in [-0.2, 0) is 17.3 Å². The van der Waals surface area contributed by atoms with Gasteiger partial charge in [-0.05, 0) is 37.5 Å². The second-order valence-corrected chi connectivity index (χ2v) is 5.95. The van der Waals surface area contributed by atoms with Crippen molar-refractivity contribution in [2.24, 2.45) is 7.05 Å². The van der Waals surface area contributed by atoms with Crippen LogP contribution in [0.25, 0.3) is 0 Å². The van der Waals surface area contributed by atoms with Crippen molar-refractivity contribution in [1.82, 2.24) is 9.88 Å². The van der Waals surface area contributed by atoms with Gasteiger partial charge in [0.15, 0.2) is 0 Å². The van der Waals surface area contributed by atoms with Crippen LogP contribution in [0, 0.1) is 13.8 Å². The Hall–Kier alpha value is -1.98. The van der Waals surface area contributed by atoms with Crippen LogP contribution in [0.5, 0.6) is 0 Å². The molecule has 0 aliphatic heterocycles. The van der Waals surface area contributed by atoms with Crippen molar-refractivity contribution in [1.29, 1.82) is 0 Å². The summed E-state index contributed by atoms with van der Waals surface area (Å²) in [5.41, 5.74) is -0.132. The monoisotopic (exact) mass is 326 g/mol. The van der Waals surface area contributed by atoms with Gasteiger partial charge in [-0.25, -0.2) is 0 Å². The van der Waals surface area contributed by atoms with E-state index in [1.807, 2.05) is 0 Å². The Morgan fingerprint density at radius 3 is 2.43 bits per heavy atom. The second kappa shape index (κ2) is 5.91. The molecule has 0 radical (unpaired) electrons. The molecule has 3 nitrogen and oxygen atoms in total. The highest BCUT2D eigenvalue weighted by atomic mass is 19.4. The number of aromatic nitrogens is 1. The molecule has 2 rings (SSSR count). The topological polar surface area (TPSA) is 34.0 Å². The fourth-order valence-electron chi connectivity index (χ4n) is 3.11. The largest absolute Gasteiger partial charge is 0.402 e. The zero-order valence-electron chi connectivity index (χ0n) is 13.7. The molecule has 1 aromatic heterocycles. The SMILES string of the molecule is CCC(=O)NC1=CCC(c2c(C)cn(C)c2C)(C(F)(F)F)C=C1. The molecule has 1 unspecified atom stereocenters. The molecular formula is C17H21F3N2O. The molecule has 0 saturated carbocycles. The fourth-order valence-corrected chi connectivity index (χ4v) is 3.11. The lowest BCUT2D eigenvalue weighted by molar-refractivity contribution is -0.175. The average molecular weight is 326 g/mol. The lowest BCUT2D eigenvalue weighted by Gasteiger charge is -2.35. The van der Waals surface area contributed by atoms with E-state index in [9.17, 15) is 18.0 Å². The molecule has 1 aliphatic carbocycles. The minimum absolute atomic E-state index is 0.215. The lowest BCUT2D eigenvalue weighted by atomic mass is 9.73. The predicted octanol–water partition coefficient (Wildman–Crippen LogP) is 3.81. The average Bonchev–Trinajstić information content (AvgIpc) is 2.72. The number of alkyl halides is 3. The normalized spacial score (nSPS) is 21.3. The number of carbonyl (C=O) groups excluding carboxylic acids is 1. The summed E-state index contributed by atoms with van der Waals surface area (Å²) in [5, 5.41) is 2.61. The van der Waals surface area contributed by atoms with Gasteiger partial charge in [-0.2, -0.15) is 13.2 Å². The first-order valence-electron chi connectivity index (χ1n) is 7.51. The number of hydrogen-bond acceptors (Lipinski definition) is 1. The van der Waals surface area contributed by atoms with E-state index in [0.717, 1.165) is 0 Å². The number of halogens is 3. The summed E-state index contributed by atoms with van der Waals surface area (Å²) >= 11 is 0. The van der Waals surface area contributed by atoms with E-state index in [4.69, 9.17) is 0 Å². The standard InChI is InChI=1S/C17H21F3N2O/c1-5-14(23)21-13-6-8-16(9-7-13,17(18,19)20)15-11(2)10-22(4)12(15)3/h6-8,10H,5,9H2,1-4H3,(H,21,23). The smallest absolute Gasteiger partial charge is 0.354 e. The Kier molecular flexibility index (Phi) is 4.46. The molecule has 1 heterocycles. The van der Waals surface area contributed by atoms with Crippen molar-refractivity contribution in [3.63, 3.8) is 0 Å². The molecule has 0 aromatic carbocycles. The maximum Gasteiger partial charge on any atom is 0.402 e. The van der Waals surface area contributed by atoms with Gasteiger partial charge in [-0.1, -0.05) is 19.1 Å². The highest BCUT2D eigenvalue weighted by Crippen LogP contribution is 2.49. The second-order valence-electron chi connectivity index (χ2n) is 5.95. The minimum Gasteiger partial charge on any atom is -0.354 e. The maximum atomic E-state index is 13.9. The van der Waals surface area contributed by atoms with Gasteiger partial charge >= 0.3 is 6.18 Å². The van der Waals surface area contributed by atoms with Crippen molar-refractivity contribution in [3.05, 3.63) is 46.9 Å². The zero-order valence-corrected chi connectivity index (χ0v) is 13.7. The van der Waals surface area contributed by atoms with Crippen molar-refractivity contribution in [3.8, 4) is 0 Å². The molecule has 1 amide bonds. The van der Waals surface area contributed by atoms with Crippen LogP contribution in [0.15, 0.2) is 30.1 Å². The van der Waals surface area contributed by atoms with Gasteiger partial charge in [0.1, 0.15) is 5.41 Å². The molecule has 1 atom stereocenters. The third-order valence-corrected chi connectivity index (χ3v) is 4.42. The Morgan fingerprint density at radius 1 is 1.39 bits per heavy atom. The van der Waals surface area contributed by atoms with Crippen molar-refractivity contribution >= 4 is 5.91 Å². The van der Waals surface area contributed by atoms with Crippen molar-refractivity contribution < 1.29 is 18.0 Å². The Balaban J connectivity index is 2.47. The molecule has 0 fully saturated rings. The molecule has 1 aromatic rings. The van der Waals surface area contributed by atoms with Gasteiger partial charge in [0, 0.05) is 31.1 Å². The molecule has 0 saturated heterocycles. The van der Waals surface area contributed by atoms with Crippen LogP contribution in [0.3, 0.4) is 0 Å². The maximum absolute atomic E-state index is 13.9. The number of rotatable bonds is 3. The fraction of sp³-hybridized carbons (Fsp3) is 0.471. The van der Waals surface area contributed by atoms with Crippen LogP contribution in [0.2, 0.25) is 0 Å². The van der Waals surface area contributed by atoms with Gasteiger partial charge in [0.2, 0.25) is 5.91 Å². The number of hydrogen-bond donors (Lipinski definition) is 1. The summed E-state index contributed by atoms with van der Waals surface area (Å²) in [7, 11) is 1.74. The molecule has 0 spiro atoms. The first-order chi connectivity index (χ1) is 10.6. The third-order valence-electron chi connectivity index (χ3n) is 4.42. The summed E-state index contributed by atoms with van der Waals surface area (Å²) in [6, 6.07) is 0. The molecular weight excluding hydrogens is 305 g/mol. The number of amides is 1. The van der Waals surface area contributed by atoms with Gasteiger partial charge in [0.05, 0.1) is 0 Å². The van der Waals surface area contributed by atoms with Gasteiger partial charge in [0.25, 0.3) is 0 Å². The highest BCUT2D eigenvalue weighted by Gasteiger charge is 2.55. The summed E-state index contributed by atoms with van der Waals surface area (Å²) < 4.78 is 43.5. The zero-order chi connectivity index (χ0) is 17.4. The van der Waals surface area contributed by atoms with Crippen LogP contribution >= 0.6 is 0 Å². The number of allylic oxidation sites excluding steroid dienone is 3. The third kappa shape index (κ3) is 2.94. The van der Waals surface area contributed by atoms with Crippen molar-refractivity contribution in [2.75, 3.05) is 0 Å². The Bertz CT molecular complexity index is 683. The summed E-state index contributed by atoms with van der Waals surface area (Å²) in [5.74, 6) is -0.215. The molecule has 1 N–H and O–H groups in total.